The van der Waals surface area contributed by atoms with E-state index in [4.69, 9.17) is 9.47 Å². The summed E-state index contributed by atoms with van der Waals surface area (Å²) < 4.78 is 14.9. The molecule has 3 aromatic carbocycles. The molecule has 5 aromatic rings. The number of rotatable bonds is 10. The Bertz CT molecular complexity index is 1720. The molecule has 0 bridgehead atoms. The van der Waals surface area contributed by atoms with Gasteiger partial charge >= 0.3 is 5.97 Å². The average molecular weight is 663 g/mol. The van der Waals surface area contributed by atoms with Crippen LogP contribution in [0.5, 0.6) is 5.75 Å². The van der Waals surface area contributed by atoms with Crippen LogP contribution >= 0.6 is 39.0 Å². The number of halogens is 1. The minimum Gasteiger partial charge on any atom is -0.489 e. The van der Waals surface area contributed by atoms with Gasteiger partial charge in [0.15, 0.2) is 4.34 Å². The molecule has 0 amide bonds. The van der Waals surface area contributed by atoms with E-state index in [1.165, 1.54) is 23.1 Å². The zero-order valence-corrected chi connectivity index (χ0v) is 25.5. The quantitative estimate of drug-likeness (QED) is 0.138. The second-order valence-corrected chi connectivity index (χ2v) is 12.2. The number of anilines is 1. The summed E-state index contributed by atoms with van der Waals surface area (Å²) in [6.07, 6.45) is 0. The van der Waals surface area contributed by atoms with Crippen molar-refractivity contribution < 1.29 is 14.3 Å². The number of fused-ring (bicyclic) bond motifs is 1. The lowest BCUT2D eigenvalue weighted by Gasteiger charge is -2.28. The molecule has 0 spiro atoms. The first-order valence-corrected chi connectivity index (χ1v) is 15.6. The molecule has 1 unspecified atom stereocenters. The van der Waals surface area contributed by atoms with Crippen molar-refractivity contribution in [3.63, 3.8) is 0 Å². The van der Waals surface area contributed by atoms with Gasteiger partial charge in [-0.15, -0.1) is 10.2 Å². The van der Waals surface area contributed by atoms with E-state index < -0.39 is 12.0 Å². The van der Waals surface area contributed by atoms with Gasteiger partial charge < -0.3 is 14.8 Å². The fraction of sp³-hybridized carbons (Fsp3) is 0.172. The Labute approximate surface area is 258 Å². The van der Waals surface area contributed by atoms with Gasteiger partial charge in [0.25, 0.3) is 0 Å². The number of carbonyl (C=O) groups excluding carboxylic acids is 1. The molecular formula is C29H24BrN7O3S2. The molecule has 6 rings (SSSR count). The van der Waals surface area contributed by atoms with Crippen molar-refractivity contribution in [2.45, 2.75) is 23.9 Å². The highest BCUT2D eigenvalue weighted by Crippen LogP contribution is 2.38. The van der Waals surface area contributed by atoms with Crippen molar-refractivity contribution >= 4 is 50.9 Å². The Morgan fingerprint density at radius 2 is 1.88 bits per heavy atom. The van der Waals surface area contributed by atoms with Gasteiger partial charge in [0.05, 0.1) is 12.2 Å². The zero-order valence-electron chi connectivity index (χ0n) is 22.3. The third-order valence-electron chi connectivity index (χ3n) is 6.35. The monoisotopic (exact) mass is 661 g/mol. The average Bonchev–Trinajstić information content (AvgIpc) is 3.69. The molecule has 1 aliphatic heterocycles. The molecule has 2 aromatic heterocycles. The summed E-state index contributed by atoms with van der Waals surface area (Å²) in [5, 5.41) is 25.0. The number of aromatic nitrogens is 6. The molecule has 0 saturated heterocycles. The van der Waals surface area contributed by atoms with Crippen LogP contribution in [0.2, 0.25) is 0 Å². The highest BCUT2D eigenvalue weighted by atomic mass is 79.9. The Hall–Kier alpha value is -4.07. The number of hydrogen-bond donors (Lipinski definition) is 1. The van der Waals surface area contributed by atoms with Crippen molar-refractivity contribution in [2.75, 3.05) is 17.7 Å². The lowest BCUT2D eigenvalue weighted by atomic mass is 9.95. The van der Waals surface area contributed by atoms with E-state index in [0.717, 1.165) is 30.5 Å². The molecule has 0 aliphatic carbocycles. The van der Waals surface area contributed by atoms with E-state index >= 15 is 0 Å². The summed E-state index contributed by atoms with van der Waals surface area (Å²) in [6, 6.07) is 24.9. The number of benzene rings is 3. The third-order valence-corrected chi connectivity index (χ3v) is 8.98. The smallest absolute Gasteiger partial charge is 0.338 e. The molecule has 1 N–H and O–H groups in total. The van der Waals surface area contributed by atoms with E-state index in [0.29, 0.717) is 35.3 Å². The van der Waals surface area contributed by atoms with E-state index in [1.54, 1.807) is 11.6 Å². The number of thioether (sulfide) groups is 1. The van der Waals surface area contributed by atoms with Crippen LogP contribution in [0, 0.1) is 0 Å². The van der Waals surface area contributed by atoms with Gasteiger partial charge in [0.1, 0.15) is 23.4 Å². The maximum Gasteiger partial charge on any atom is 0.338 e. The fourth-order valence-corrected chi connectivity index (χ4v) is 6.72. The molecule has 0 fully saturated rings. The van der Waals surface area contributed by atoms with E-state index in [1.807, 2.05) is 78.9 Å². The summed E-state index contributed by atoms with van der Waals surface area (Å²) in [4.78, 5) is 13.4. The van der Waals surface area contributed by atoms with Gasteiger partial charge in [0.2, 0.25) is 5.95 Å². The van der Waals surface area contributed by atoms with Gasteiger partial charge in [0, 0.05) is 21.5 Å². The van der Waals surface area contributed by atoms with Crippen molar-refractivity contribution in [2.24, 2.45) is 0 Å². The SMILES string of the molecule is CCOC(=O)C1=C(CSc2nnc(-c3ccccc3)s2)Nc2nnnn2C1c1ccc(OCc2cccc(Br)c2)cc1. The number of ether oxygens (including phenoxy) is 2. The van der Waals surface area contributed by atoms with Crippen LogP contribution in [0.1, 0.15) is 24.1 Å². The van der Waals surface area contributed by atoms with Gasteiger partial charge in [-0.1, -0.05) is 98.7 Å². The van der Waals surface area contributed by atoms with E-state index in [9.17, 15) is 4.79 Å². The molecule has 13 heteroatoms. The number of nitrogens with one attached hydrogen (secondary N) is 1. The number of hydrogen-bond acceptors (Lipinski definition) is 11. The van der Waals surface area contributed by atoms with E-state index in [2.05, 4.69) is 47.0 Å². The number of nitrogens with zero attached hydrogens (tertiary/aromatic N) is 6. The molecule has 0 radical (unpaired) electrons. The number of tetrazole rings is 1. The third kappa shape index (κ3) is 6.22. The number of esters is 1. The normalized spacial score (nSPS) is 14.3. The van der Waals surface area contributed by atoms with Gasteiger partial charge in [-0.3, -0.25) is 0 Å². The molecule has 42 heavy (non-hydrogen) atoms. The van der Waals surface area contributed by atoms with E-state index in [-0.39, 0.29) is 6.61 Å². The molecular weight excluding hydrogens is 638 g/mol. The largest absolute Gasteiger partial charge is 0.489 e. The van der Waals surface area contributed by atoms with Gasteiger partial charge in [-0.2, -0.15) is 4.68 Å². The standard InChI is InChI=1S/C29H24BrN7O3S2/c1-2-39-27(38)24-23(17-41-29-34-32-26(42-29)20-8-4-3-5-9-20)31-28-33-35-36-37(28)25(24)19-11-13-22(14-12-19)40-16-18-7-6-10-21(30)15-18/h3-15,25H,2,16-17H2,1H3,(H,31,33,36). The summed E-state index contributed by atoms with van der Waals surface area (Å²) >= 11 is 6.47. The predicted molar refractivity (Wildman–Crippen MR) is 164 cm³/mol. The van der Waals surface area contributed by atoms with Crippen molar-refractivity contribution in [3.05, 3.63) is 106 Å². The predicted octanol–water partition coefficient (Wildman–Crippen LogP) is 6.16. The highest BCUT2D eigenvalue weighted by Gasteiger charge is 2.36. The minimum atomic E-state index is -0.598. The van der Waals surface area contributed by atoms with Gasteiger partial charge in [-0.25, -0.2) is 4.79 Å². The summed E-state index contributed by atoms with van der Waals surface area (Å²) in [7, 11) is 0. The fourth-order valence-electron chi connectivity index (χ4n) is 4.44. The van der Waals surface area contributed by atoms with Crippen molar-refractivity contribution in [1.29, 1.82) is 0 Å². The zero-order chi connectivity index (χ0) is 28.9. The Kier molecular flexibility index (Phi) is 8.58. The van der Waals surface area contributed by atoms with Crippen LogP contribution in [0.25, 0.3) is 10.6 Å². The first-order chi connectivity index (χ1) is 20.6. The Balaban J connectivity index is 1.27. The lowest BCUT2D eigenvalue weighted by Crippen LogP contribution is -2.31. The number of carbonyl (C=O) groups is 1. The topological polar surface area (TPSA) is 117 Å². The van der Waals surface area contributed by atoms with Crippen LogP contribution < -0.4 is 10.1 Å². The summed E-state index contributed by atoms with van der Waals surface area (Å²) in [5.74, 6) is 1.10. The van der Waals surface area contributed by atoms with Gasteiger partial charge in [-0.05, 0) is 52.7 Å². The molecule has 3 heterocycles. The van der Waals surface area contributed by atoms with Crippen LogP contribution in [-0.2, 0) is 16.1 Å². The second-order valence-electron chi connectivity index (χ2n) is 9.10. The highest BCUT2D eigenvalue weighted by molar-refractivity contribution is 9.10. The Morgan fingerprint density at radius 3 is 2.67 bits per heavy atom. The maximum atomic E-state index is 13.4. The van der Waals surface area contributed by atoms with Crippen LogP contribution in [-0.4, -0.2) is 48.7 Å². The second kappa shape index (κ2) is 12.8. The summed E-state index contributed by atoms with van der Waals surface area (Å²) in [5.41, 5.74) is 3.95. The van der Waals surface area contributed by atoms with Crippen LogP contribution in [0.15, 0.2) is 98.9 Å². The van der Waals surface area contributed by atoms with Crippen molar-refractivity contribution in [1.82, 2.24) is 30.4 Å². The molecule has 0 saturated carbocycles. The molecule has 10 nitrogen and oxygen atoms in total. The Morgan fingerprint density at radius 1 is 1.05 bits per heavy atom. The van der Waals surface area contributed by atoms with Crippen molar-refractivity contribution in [3.8, 4) is 16.3 Å². The molecule has 1 atom stereocenters. The minimum absolute atomic E-state index is 0.233. The van der Waals surface area contributed by atoms with Crippen LogP contribution in [0.4, 0.5) is 5.95 Å². The molecule has 212 valence electrons. The lowest BCUT2D eigenvalue weighted by molar-refractivity contribution is -0.139. The first kappa shape index (κ1) is 28.1. The van der Waals surface area contributed by atoms with Crippen LogP contribution in [0.3, 0.4) is 0 Å². The first-order valence-electron chi connectivity index (χ1n) is 13.0. The maximum absolute atomic E-state index is 13.4. The molecule has 1 aliphatic rings. The summed E-state index contributed by atoms with van der Waals surface area (Å²) in [6.45, 7) is 2.44.